The fourth-order valence-electron chi connectivity index (χ4n) is 1.66. The lowest BCUT2D eigenvalue weighted by molar-refractivity contribution is 0.416. The lowest BCUT2D eigenvalue weighted by Gasteiger charge is -2.07. The summed E-state index contributed by atoms with van der Waals surface area (Å²) in [5, 5.41) is 5.34. The average molecular weight is 219 g/mol. The fraction of sp³-hybridized carbons (Fsp3) is 0.182. The molecule has 4 N–H and O–H groups in total. The van der Waals surface area contributed by atoms with Crippen LogP contribution in [0, 0.1) is 0 Å². The van der Waals surface area contributed by atoms with Crippen LogP contribution in [0.1, 0.15) is 5.56 Å². The standard InChI is InChI=1S/C11H13N3O2/c1-16-9-5-3-2-4-7(9)10-8(6-12)11(15)14-13-10/h2-5H,6,12H2,1H3,(H2,13,14,15). The zero-order valence-electron chi connectivity index (χ0n) is 8.91. The van der Waals surface area contributed by atoms with Gasteiger partial charge in [-0.15, -0.1) is 0 Å². The van der Waals surface area contributed by atoms with Gasteiger partial charge in [-0.1, -0.05) is 12.1 Å². The molecule has 0 aliphatic heterocycles. The summed E-state index contributed by atoms with van der Waals surface area (Å²) in [5.74, 6) is 0.701. The van der Waals surface area contributed by atoms with Gasteiger partial charge in [0.1, 0.15) is 5.75 Å². The van der Waals surface area contributed by atoms with E-state index in [1.54, 1.807) is 7.11 Å². The molecule has 1 aromatic carbocycles. The molecule has 2 rings (SSSR count). The highest BCUT2D eigenvalue weighted by Gasteiger charge is 2.13. The van der Waals surface area contributed by atoms with Crippen LogP contribution in [0.15, 0.2) is 29.1 Å². The number of H-pyrrole nitrogens is 2. The summed E-state index contributed by atoms with van der Waals surface area (Å²) < 4.78 is 5.23. The molecule has 16 heavy (non-hydrogen) atoms. The van der Waals surface area contributed by atoms with E-state index in [4.69, 9.17) is 10.5 Å². The predicted molar refractivity (Wildman–Crippen MR) is 61.3 cm³/mol. The van der Waals surface area contributed by atoms with E-state index in [1.807, 2.05) is 24.3 Å². The van der Waals surface area contributed by atoms with Crippen molar-refractivity contribution in [2.24, 2.45) is 5.73 Å². The second-order valence-corrected chi connectivity index (χ2v) is 3.34. The largest absolute Gasteiger partial charge is 0.496 e. The van der Waals surface area contributed by atoms with Crippen molar-refractivity contribution in [3.63, 3.8) is 0 Å². The monoisotopic (exact) mass is 219 g/mol. The smallest absolute Gasteiger partial charge is 0.269 e. The molecule has 0 saturated carbocycles. The molecular weight excluding hydrogens is 206 g/mol. The lowest BCUT2D eigenvalue weighted by atomic mass is 10.1. The second-order valence-electron chi connectivity index (χ2n) is 3.34. The van der Waals surface area contributed by atoms with Crippen LogP contribution < -0.4 is 16.0 Å². The Labute approximate surface area is 92.2 Å². The first-order valence-electron chi connectivity index (χ1n) is 4.91. The van der Waals surface area contributed by atoms with Crippen molar-refractivity contribution in [2.75, 3.05) is 7.11 Å². The topological polar surface area (TPSA) is 83.9 Å². The van der Waals surface area contributed by atoms with E-state index >= 15 is 0 Å². The fourth-order valence-corrected chi connectivity index (χ4v) is 1.66. The van der Waals surface area contributed by atoms with Gasteiger partial charge in [-0.3, -0.25) is 15.0 Å². The van der Waals surface area contributed by atoms with E-state index in [1.165, 1.54) is 0 Å². The number of nitrogens with one attached hydrogen (secondary N) is 2. The number of rotatable bonds is 3. The van der Waals surface area contributed by atoms with Crippen LogP contribution in [0.4, 0.5) is 0 Å². The number of ether oxygens (including phenoxy) is 1. The van der Waals surface area contributed by atoms with Gasteiger partial charge in [0.2, 0.25) is 0 Å². The summed E-state index contributed by atoms with van der Waals surface area (Å²) in [4.78, 5) is 11.4. The van der Waals surface area contributed by atoms with Crippen LogP contribution in [0.3, 0.4) is 0 Å². The van der Waals surface area contributed by atoms with Gasteiger partial charge in [0.15, 0.2) is 0 Å². The number of aromatic amines is 2. The molecular formula is C11H13N3O2. The summed E-state index contributed by atoms with van der Waals surface area (Å²) >= 11 is 0. The third-order valence-electron chi connectivity index (χ3n) is 2.46. The van der Waals surface area contributed by atoms with Crippen molar-refractivity contribution in [1.82, 2.24) is 10.2 Å². The summed E-state index contributed by atoms with van der Waals surface area (Å²) in [6, 6.07) is 7.46. The summed E-state index contributed by atoms with van der Waals surface area (Å²) in [5.41, 5.74) is 7.39. The number of hydrogen-bond donors (Lipinski definition) is 3. The molecule has 0 aliphatic carbocycles. The Bertz CT molecular complexity index is 542. The summed E-state index contributed by atoms with van der Waals surface area (Å²) in [7, 11) is 1.59. The predicted octanol–water partition coefficient (Wildman–Crippen LogP) is 0.837. The normalized spacial score (nSPS) is 10.4. The van der Waals surface area contributed by atoms with Gasteiger partial charge in [0.05, 0.1) is 18.4 Å². The maximum atomic E-state index is 11.4. The minimum Gasteiger partial charge on any atom is -0.496 e. The van der Waals surface area contributed by atoms with Gasteiger partial charge < -0.3 is 10.5 Å². The maximum absolute atomic E-state index is 11.4. The maximum Gasteiger partial charge on any atom is 0.269 e. The molecule has 0 saturated heterocycles. The quantitative estimate of drug-likeness (QED) is 0.715. The Balaban J connectivity index is 2.62. The molecule has 0 fully saturated rings. The van der Waals surface area contributed by atoms with Crippen LogP contribution in [0.2, 0.25) is 0 Å². The van der Waals surface area contributed by atoms with E-state index in [0.717, 1.165) is 5.56 Å². The molecule has 1 aromatic heterocycles. The Morgan fingerprint density at radius 2 is 2.06 bits per heavy atom. The number of methoxy groups -OCH3 is 1. The van der Waals surface area contributed by atoms with Crippen LogP contribution in [-0.2, 0) is 6.54 Å². The number of aromatic nitrogens is 2. The minimum absolute atomic E-state index is 0.187. The molecule has 0 atom stereocenters. The van der Waals surface area contributed by atoms with Crippen LogP contribution in [-0.4, -0.2) is 17.3 Å². The van der Waals surface area contributed by atoms with Crippen molar-refractivity contribution >= 4 is 0 Å². The molecule has 5 nitrogen and oxygen atoms in total. The van der Waals surface area contributed by atoms with Gasteiger partial charge in [-0.2, -0.15) is 0 Å². The molecule has 0 spiro atoms. The van der Waals surface area contributed by atoms with E-state index in [9.17, 15) is 4.79 Å². The van der Waals surface area contributed by atoms with E-state index in [0.29, 0.717) is 17.0 Å². The van der Waals surface area contributed by atoms with Gasteiger partial charge in [-0.25, -0.2) is 0 Å². The SMILES string of the molecule is COc1ccccc1-c1[nH][nH]c(=O)c1CN. The first-order valence-corrected chi connectivity index (χ1v) is 4.91. The zero-order valence-corrected chi connectivity index (χ0v) is 8.91. The highest BCUT2D eigenvalue weighted by Crippen LogP contribution is 2.28. The third kappa shape index (κ3) is 1.61. The van der Waals surface area contributed by atoms with Gasteiger partial charge >= 0.3 is 0 Å². The van der Waals surface area contributed by atoms with Crippen LogP contribution in [0.5, 0.6) is 5.75 Å². The van der Waals surface area contributed by atoms with E-state index in [-0.39, 0.29) is 12.1 Å². The summed E-state index contributed by atoms with van der Waals surface area (Å²) in [6.45, 7) is 0.187. The van der Waals surface area contributed by atoms with Crippen molar-refractivity contribution in [3.05, 3.63) is 40.2 Å². The highest BCUT2D eigenvalue weighted by atomic mass is 16.5. The Morgan fingerprint density at radius 3 is 2.75 bits per heavy atom. The minimum atomic E-state index is -0.191. The van der Waals surface area contributed by atoms with Gasteiger partial charge in [0.25, 0.3) is 5.56 Å². The molecule has 0 radical (unpaired) electrons. The van der Waals surface area contributed by atoms with E-state index in [2.05, 4.69) is 10.2 Å². The third-order valence-corrected chi connectivity index (χ3v) is 2.46. The molecule has 0 amide bonds. The average Bonchev–Trinajstić information content (AvgIpc) is 2.70. The Morgan fingerprint density at radius 1 is 1.31 bits per heavy atom. The van der Waals surface area contributed by atoms with E-state index < -0.39 is 0 Å². The summed E-state index contributed by atoms with van der Waals surface area (Å²) in [6.07, 6.45) is 0. The lowest BCUT2D eigenvalue weighted by Crippen LogP contribution is -2.10. The zero-order chi connectivity index (χ0) is 11.5. The number of hydrogen-bond acceptors (Lipinski definition) is 3. The number of benzene rings is 1. The molecule has 0 unspecified atom stereocenters. The molecule has 2 aromatic rings. The Hall–Kier alpha value is -2.01. The van der Waals surface area contributed by atoms with Crippen LogP contribution in [0.25, 0.3) is 11.3 Å². The Kier molecular flexibility index (Phi) is 2.78. The first-order chi connectivity index (χ1) is 7.77. The van der Waals surface area contributed by atoms with Crippen LogP contribution >= 0.6 is 0 Å². The molecule has 0 aliphatic rings. The van der Waals surface area contributed by atoms with Crippen molar-refractivity contribution in [3.8, 4) is 17.0 Å². The second kappa shape index (κ2) is 4.24. The van der Waals surface area contributed by atoms with Gasteiger partial charge in [-0.05, 0) is 12.1 Å². The number of nitrogens with two attached hydrogens (primary N) is 1. The van der Waals surface area contributed by atoms with Crippen molar-refractivity contribution in [2.45, 2.75) is 6.54 Å². The highest BCUT2D eigenvalue weighted by molar-refractivity contribution is 5.69. The molecule has 84 valence electrons. The molecule has 1 heterocycles. The van der Waals surface area contributed by atoms with Gasteiger partial charge in [0, 0.05) is 12.1 Å². The van der Waals surface area contributed by atoms with Crippen molar-refractivity contribution < 1.29 is 4.74 Å². The number of para-hydroxylation sites is 1. The molecule has 5 heteroatoms. The molecule has 0 bridgehead atoms. The van der Waals surface area contributed by atoms with Crippen molar-refractivity contribution in [1.29, 1.82) is 0 Å². The first kappa shape index (κ1) is 10.5.